The molecule has 5 heteroatoms. The van der Waals surface area contributed by atoms with E-state index in [0.717, 1.165) is 44.0 Å². The molecule has 0 radical (unpaired) electrons. The lowest BCUT2D eigenvalue weighted by molar-refractivity contribution is -0.117. The molecule has 4 nitrogen and oxygen atoms in total. The van der Waals surface area contributed by atoms with Gasteiger partial charge in [-0.05, 0) is 56.3 Å². The van der Waals surface area contributed by atoms with Gasteiger partial charge in [-0.3, -0.25) is 4.79 Å². The first-order chi connectivity index (χ1) is 11.2. The Hall–Kier alpha value is -1.26. The van der Waals surface area contributed by atoms with Crippen LogP contribution in [0, 0.1) is 11.8 Å². The molecule has 2 rings (SSSR count). The van der Waals surface area contributed by atoms with Gasteiger partial charge in [-0.2, -0.15) is 0 Å². The predicted octanol–water partition coefficient (Wildman–Crippen LogP) is 4.25. The SMILES string of the molecule is CCCCOc1cccc(NC(=O)CC(C)C2CCNCC2)c1.Cl. The molecular weight excluding hydrogens is 324 g/mol. The van der Waals surface area contributed by atoms with Crippen molar-refractivity contribution in [1.29, 1.82) is 0 Å². The van der Waals surface area contributed by atoms with Gasteiger partial charge < -0.3 is 15.4 Å². The quantitative estimate of drug-likeness (QED) is 0.686. The smallest absolute Gasteiger partial charge is 0.224 e. The number of hydrogen-bond donors (Lipinski definition) is 2. The fourth-order valence-corrected chi connectivity index (χ4v) is 3.08. The first-order valence-electron chi connectivity index (χ1n) is 8.92. The molecule has 0 spiro atoms. The van der Waals surface area contributed by atoms with Crippen molar-refractivity contribution in [2.24, 2.45) is 11.8 Å². The zero-order chi connectivity index (χ0) is 16.5. The highest BCUT2D eigenvalue weighted by atomic mass is 35.5. The van der Waals surface area contributed by atoms with Gasteiger partial charge in [0, 0.05) is 18.2 Å². The fourth-order valence-electron chi connectivity index (χ4n) is 3.08. The molecule has 24 heavy (non-hydrogen) atoms. The zero-order valence-electron chi connectivity index (χ0n) is 14.8. The minimum absolute atomic E-state index is 0. The average molecular weight is 355 g/mol. The Balaban J connectivity index is 0.00000288. The topological polar surface area (TPSA) is 50.4 Å². The molecule has 0 aliphatic carbocycles. The molecular formula is C19H31ClN2O2. The molecule has 1 aromatic rings. The second kappa shape index (κ2) is 11.3. The predicted molar refractivity (Wildman–Crippen MR) is 102 cm³/mol. The zero-order valence-corrected chi connectivity index (χ0v) is 15.7. The Kier molecular flexibility index (Phi) is 9.80. The number of amides is 1. The van der Waals surface area contributed by atoms with Crippen molar-refractivity contribution >= 4 is 24.0 Å². The summed E-state index contributed by atoms with van der Waals surface area (Å²) >= 11 is 0. The maximum absolute atomic E-state index is 12.3. The van der Waals surface area contributed by atoms with Gasteiger partial charge in [0.15, 0.2) is 0 Å². The highest BCUT2D eigenvalue weighted by Crippen LogP contribution is 2.25. The third-order valence-electron chi connectivity index (χ3n) is 4.58. The van der Waals surface area contributed by atoms with Crippen molar-refractivity contribution < 1.29 is 9.53 Å². The summed E-state index contributed by atoms with van der Waals surface area (Å²) in [6, 6.07) is 7.68. The Morgan fingerprint density at radius 1 is 1.38 bits per heavy atom. The normalized spacial score (nSPS) is 16.1. The van der Waals surface area contributed by atoms with Gasteiger partial charge in [-0.1, -0.05) is 26.3 Å². The number of carbonyl (C=O) groups is 1. The summed E-state index contributed by atoms with van der Waals surface area (Å²) in [5.74, 6) is 2.01. The number of unbranched alkanes of at least 4 members (excludes halogenated alkanes) is 1. The van der Waals surface area contributed by atoms with Gasteiger partial charge in [-0.15, -0.1) is 12.4 Å². The summed E-state index contributed by atoms with van der Waals surface area (Å²) in [7, 11) is 0. The van der Waals surface area contributed by atoms with Crippen molar-refractivity contribution in [3.8, 4) is 5.75 Å². The molecule has 1 aliphatic heterocycles. The summed E-state index contributed by atoms with van der Waals surface area (Å²) in [6.45, 7) is 7.21. The molecule has 1 aliphatic rings. The Labute approximate surface area is 152 Å². The minimum atomic E-state index is 0. The van der Waals surface area contributed by atoms with E-state index < -0.39 is 0 Å². The van der Waals surface area contributed by atoms with E-state index in [9.17, 15) is 4.79 Å². The van der Waals surface area contributed by atoms with Crippen LogP contribution in [0.1, 0.15) is 46.0 Å². The van der Waals surface area contributed by atoms with E-state index >= 15 is 0 Å². The summed E-state index contributed by atoms with van der Waals surface area (Å²) in [5.41, 5.74) is 0.821. The number of hydrogen-bond acceptors (Lipinski definition) is 3. The van der Waals surface area contributed by atoms with E-state index in [0.29, 0.717) is 18.3 Å². The second-order valence-electron chi connectivity index (χ2n) is 6.55. The van der Waals surface area contributed by atoms with Crippen LogP contribution in [0.5, 0.6) is 5.75 Å². The maximum atomic E-state index is 12.3. The van der Waals surface area contributed by atoms with Gasteiger partial charge in [0.05, 0.1) is 6.61 Å². The van der Waals surface area contributed by atoms with E-state index in [-0.39, 0.29) is 18.3 Å². The van der Waals surface area contributed by atoms with Crippen LogP contribution in [-0.2, 0) is 4.79 Å². The molecule has 0 bridgehead atoms. The molecule has 1 heterocycles. The van der Waals surface area contributed by atoms with Gasteiger partial charge in [0.25, 0.3) is 0 Å². The van der Waals surface area contributed by atoms with Crippen molar-refractivity contribution in [2.75, 3.05) is 25.0 Å². The van der Waals surface area contributed by atoms with Crippen molar-refractivity contribution in [1.82, 2.24) is 5.32 Å². The average Bonchev–Trinajstić information content (AvgIpc) is 2.56. The van der Waals surface area contributed by atoms with Crippen LogP contribution in [-0.4, -0.2) is 25.6 Å². The van der Waals surface area contributed by atoms with Crippen molar-refractivity contribution in [2.45, 2.75) is 46.0 Å². The lowest BCUT2D eigenvalue weighted by atomic mass is 9.84. The largest absolute Gasteiger partial charge is 0.494 e. The van der Waals surface area contributed by atoms with Gasteiger partial charge in [0.1, 0.15) is 5.75 Å². The monoisotopic (exact) mass is 354 g/mol. The molecule has 1 fully saturated rings. The number of ether oxygens (including phenoxy) is 1. The number of rotatable bonds is 8. The third-order valence-corrected chi connectivity index (χ3v) is 4.58. The highest BCUT2D eigenvalue weighted by Gasteiger charge is 2.22. The van der Waals surface area contributed by atoms with Gasteiger partial charge >= 0.3 is 0 Å². The van der Waals surface area contributed by atoms with E-state index in [2.05, 4.69) is 24.5 Å². The molecule has 1 aromatic carbocycles. The standard InChI is InChI=1S/C19H30N2O2.ClH/c1-3-4-12-23-18-7-5-6-17(14-18)21-19(22)13-15(2)16-8-10-20-11-9-16;/h5-7,14-16,20H,3-4,8-13H2,1-2H3,(H,21,22);1H. The number of anilines is 1. The third kappa shape index (κ3) is 7.10. The maximum Gasteiger partial charge on any atom is 0.224 e. The van der Waals surface area contributed by atoms with E-state index in [4.69, 9.17) is 4.74 Å². The first-order valence-corrected chi connectivity index (χ1v) is 8.92. The molecule has 1 unspecified atom stereocenters. The van der Waals surface area contributed by atoms with E-state index in [1.807, 2.05) is 24.3 Å². The summed E-state index contributed by atoms with van der Waals surface area (Å²) in [5, 5.41) is 6.38. The Bertz CT molecular complexity index is 490. The van der Waals surface area contributed by atoms with Crippen molar-refractivity contribution in [3.63, 3.8) is 0 Å². The van der Waals surface area contributed by atoms with Crippen LogP contribution in [0.2, 0.25) is 0 Å². The highest BCUT2D eigenvalue weighted by molar-refractivity contribution is 5.91. The Morgan fingerprint density at radius 2 is 2.12 bits per heavy atom. The summed E-state index contributed by atoms with van der Waals surface area (Å²) in [6.07, 6.45) is 5.10. The molecule has 136 valence electrons. The molecule has 1 amide bonds. The molecule has 1 saturated heterocycles. The molecule has 1 atom stereocenters. The minimum Gasteiger partial charge on any atom is -0.494 e. The summed E-state index contributed by atoms with van der Waals surface area (Å²) in [4.78, 5) is 12.3. The van der Waals surface area contributed by atoms with Crippen molar-refractivity contribution in [3.05, 3.63) is 24.3 Å². The molecule has 0 aromatic heterocycles. The van der Waals surface area contributed by atoms with Crippen LogP contribution in [0.3, 0.4) is 0 Å². The van der Waals surface area contributed by atoms with Crippen LogP contribution in [0.25, 0.3) is 0 Å². The number of benzene rings is 1. The van der Waals surface area contributed by atoms with Crippen LogP contribution in [0.4, 0.5) is 5.69 Å². The number of piperidine rings is 1. The van der Waals surface area contributed by atoms with E-state index in [1.54, 1.807) is 0 Å². The van der Waals surface area contributed by atoms with Crippen LogP contribution >= 0.6 is 12.4 Å². The van der Waals surface area contributed by atoms with Gasteiger partial charge in [0.2, 0.25) is 5.91 Å². The van der Waals surface area contributed by atoms with E-state index in [1.165, 1.54) is 12.8 Å². The number of nitrogens with one attached hydrogen (secondary N) is 2. The van der Waals surface area contributed by atoms with Crippen LogP contribution in [0.15, 0.2) is 24.3 Å². The lowest BCUT2D eigenvalue weighted by Gasteiger charge is -2.27. The van der Waals surface area contributed by atoms with Gasteiger partial charge in [-0.25, -0.2) is 0 Å². The summed E-state index contributed by atoms with van der Waals surface area (Å²) < 4.78 is 5.69. The number of halogens is 1. The number of carbonyl (C=O) groups excluding carboxylic acids is 1. The lowest BCUT2D eigenvalue weighted by Crippen LogP contribution is -2.32. The molecule has 0 saturated carbocycles. The second-order valence-corrected chi connectivity index (χ2v) is 6.55. The Morgan fingerprint density at radius 3 is 2.83 bits per heavy atom. The van der Waals surface area contributed by atoms with Crippen LogP contribution < -0.4 is 15.4 Å². The fraction of sp³-hybridized carbons (Fsp3) is 0.632. The molecule has 2 N–H and O–H groups in total. The first kappa shape index (κ1) is 20.8.